The van der Waals surface area contributed by atoms with Crippen LogP contribution in [0.4, 0.5) is 4.79 Å². The van der Waals surface area contributed by atoms with E-state index in [1.807, 2.05) is 13.0 Å². The monoisotopic (exact) mass is 458 g/mol. The summed E-state index contributed by atoms with van der Waals surface area (Å²) >= 11 is 0. The van der Waals surface area contributed by atoms with Crippen molar-refractivity contribution in [2.24, 2.45) is 0 Å². The SMILES string of the molecule is CCNC(=O)N1CCC[C@H](NC(=O)C(=O)N(C)C)[C@@H]1CO[C@H]1CC[C@@H](c2ccccc2)CC1. The summed E-state index contributed by atoms with van der Waals surface area (Å²) in [7, 11) is 3.10. The molecule has 0 unspecified atom stereocenters. The lowest BCUT2D eigenvalue weighted by Gasteiger charge is -2.42. The third kappa shape index (κ3) is 6.69. The predicted octanol–water partition coefficient (Wildman–Crippen LogP) is 2.50. The topological polar surface area (TPSA) is 91.0 Å². The molecular formula is C25H38N4O4. The Morgan fingerprint density at radius 1 is 1.06 bits per heavy atom. The average molecular weight is 459 g/mol. The zero-order valence-corrected chi connectivity index (χ0v) is 20.1. The maximum Gasteiger partial charge on any atom is 0.317 e. The molecule has 1 aromatic carbocycles. The smallest absolute Gasteiger partial charge is 0.317 e. The normalized spacial score (nSPS) is 25.2. The van der Waals surface area contributed by atoms with E-state index in [0.717, 1.165) is 32.1 Å². The van der Waals surface area contributed by atoms with Crippen LogP contribution in [0.25, 0.3) is 0 Å². The lowest BCUT2D eigenvalue weighted by Crippen LogP contribution is -2.62. The maximum atomic E-state index is 12.7. The van der Waals surface area contributed by atoms with Gasteiger partial charge in [0.05, 0.1) is 24.8 Å². The van der Waals surface area contributed by atoms with Crippen LogP contribution in [0.5, 0.6) is 0 Å². The van der Waals surface area contributed by atoms with Gasteiger partial charge in [-0.3, -0.25) is 9.59 Å². The van der Waals surface area contributed by atoms with Gasteiger partial charge in [0.25, 0.3) is 0 Å². The van der Waals surface area contributed by atoms with E-state index in [9.17, 15) is 14.4 Å². The van der Waals surface area contributed by atoms with Gasteiger partial charge in [0.1, 0.15) is 0 Å². The van der Waals surface area contributed by atoms with Gasteiger partial charge in [0, 0.05) is 27.2 Å². The number of hydrogen-bond acceptors (Lipinski definition) is 4. The summed E-state index contributed by atoms with van der Waals surface area (Å²) in [6, 6.07) is 9.83. The molecule has 8 nitrogen and oxygen atoms in total. The number of benzene rings is 1. The van der Waals surface area contributed by atoms with Crippen molar-refractivity contribution in [2.75, 3.05) is 33.8 Å². The van der Waals surface area contributed by atoms with Crippen molar-refractivity contribution in [3.63, 3.8) is 0 Å². The summed E-state index contributed by atoms with van der Waals surface area (Å²) in [4.78, 5) is 40.2. The molecule has 1 heterocycles. The zero-order valence-electron chi connectivity index (χ0n) is 20.1. The first-order valence-corrected chi connectivity index (χ1v) is 12.1. The van der Waals surface area contributed by atoms with Crippen molar-refractivity contribution in [2.45, 2.75) is 69.6 Å². The molecule has 182 valence electrons. The number of carbonyl (C=O) groups is 3. The number of nitrogens with one attached hydrogen (secondary N) is 2. The molecule has 0 aromatic heterocycles. The molecule has 1 aliphatic carbocycles. The molecule has 0 spiro atoms. The molecule has 2 N–H and O–H groups in total. The quantitative estimate of drug-likeness (QED) is 0.641. The number of hydrogen-bond donors (Lipinski definition) is 2. The molecular weight excluding hydrogens is 420 g/mol. The molecule has 3 rings (SSSR count). The Labute approximate surface area is 197 Å². The molecule has 2 fully saturated rings. The molecule has 1 saturated heterocycles. The lowest BCUT2D eigenvalue weighted by molar-refractivity contribution is -0.145. The summed E-state index contributed by atoms with van der Waals surface area (Å²) in [5.74, 6) is -0.670. The molecule has 2 atom stereocenters. The molecule has 8 heteroatoms. The first kappa shape index (κ1) is 25.0. The molecule has 2 aliphatic rings. The molecule has 1 aromatic rings. The van der Waals surface area contributed by atoms with Gasteiger partial charge in [-0.1, -0.05) is 30.3 Å². The van der Waals surface area contributed by atoms with Gasteiger partial charge in [-0.05, 0) is 56.9 Å². The van der Waals surface area contributed by atoms with E-state index in [-0.39, 0.29) is 24.2 Å². The van der Waals surface area contributed by atoms with Gasteiger partial charge in [-0.25, -0.2) is 4.79 Å². The number of amides is 4. The molecule has 33 heavy (non-hydrogen) atoms. The fourth-order valence-corrected chi connectivity index (χ4v) is 4.89. The Morgan fingerprint density at radius 3 is 2.39 bits per heavy atom. The Balaban J connectivity index is 1.61. The van der Waals surface area contributed by atoms with E-state index in [1.165, 1.54) is 10.5 Å². The zero-order chi connectivity index (χ0) is 23.8. The van der Waals surface area contributed by atoms with Crippen molar-refractivity contribution >= 4 is 17.8 Å². The minimum Gasteiger partial charge on any atom is -0.376 e. The van der Waals surface area contributed by atoms with Crippen LogP contribution in [0.1, 0.15) is 56.9 Å². The van der Waals surface area contributed by atoms with Crippen molar-refractivity contribution in [1.82, 2.24) is 20.4 Å². The van der Waals surface area contributed by atoms with Crippen molar-refractivity contribution in [1.29, 1.82) is 0 Å². The van der Waals surface area contributed by atoms with E-state index in [2.05, 4.69) is 34.9 Å². The van der Waals surface area contributed by atoms with Crippen LogP contribution in [0, 0.1) is 0 Å². The van der Waals surface area contributed by atoms with Crippen molar-refractivity contribution < 1.29 is 19.1 Å². The number of likely N-dealkylation sites (tertiary alicyclic amines) is 1. The summed E-state index contributed by atoms with van der Waals surface area (Å²) < 4.78 is 6.32. The highest BCUT2D eigenvalue weighted by Crippen LogP contribution is 2.34. The van der Waals surface area contributed by atoms with Crippen LogP contribution in [0.15, 0.2) is 30.3 Å². The lowest BCUT2D eigenvalue weighted by atomic mass is 9.83. The summed E-state index contributed by atoms with van der Waals surface area (Å²) in [6.45, 7) is 3.36. The van der Waals surface area contributed by atoms with Crippen LogP contribution in [-0.2, 0) is 14.3 Å². The van der Waals surface area contributed by atoms with Gasteiger partial charge in [-0.15, -0.1) is 0 Å². The van der Waals surface area contributed by atoms with Gasteiger partial charge in [0.15, 0.2) is 0 Å². The first-order valence-electron chi connectivity index (χ1n) is 12.1. The fraction of sp³-hybridized carbons (Fsp3) is 0.640. The minimum absolute atomic E-state index is 0.141. The number of nitrogens with zero attached hydrogens (tertiary/aromatic N) is 2. The van der Waals surface area contributed by atoms with E-state index >= 15 is 0 Å². The Morgan fingerprint density at radius 2 is 1.76 bits per heavy atom. The molecule has 4 amide bonds. The van der Waals surface area contributed by atoms with Crippen LogP contribution in [0.3, 0.4) is 0 Å². The van der Waals surface area contributed by atoms with Gasteiger partial charge < -0.3 is 25.2 Å². The second-order valence-electron chi connectivity index (χ2n) is 9.24. The summed E-state index contributed by atoms with van der Waals surface area (Å²) in [6.07, 6.45) is 5.72. The highest BCUT2D eigenvalue weighted by atomic mass is 16.5. The third-order valence-electron chi connectivity index (χ3n) is 6.73. The number of piperidine rings is 1. The van der Waals surface area contributed by atoms with Crippen LogP contribution in [-0.4, -0.2) is 79.6 Å². The van der Waals surface area contributed by atoms with Gasteiger partial charge in [0.2, 0.25) is 0 Å². The number of likely N-dealkylation sites (N-methyl/N-ethyl adjacent to an activating group) is 1. The van der Waals surface area contributed by atoms with E-state index in [4.69, 9.17) is 4.74 Å². The molecule has 0 bridgehead atoms. The van der Waals surface area contributed by atoms with Gasteiger partial charge in [-0.2, -0.15) is 0 Å². The van der Waals surface area contributed by atoms with Crippen LogP contribution >= 0.6 is 0 Å². The van der Waals surface area contributed by atoms with E-state index in [1.54, 1.807) is 19.0 Å². The van der Waals surface area contributed by atoms with Gasteiger partial charge >= 0.3 is 17.8 Å². The van der Waals surface area contributed by atoms with E-state index < -0.39 is 11.8 Å². The second-order valence-corrected chi connectivity index (χ2v) is 9.24. The Bertz CT molecular complexity index is 793. The molecule has 0 radical (unpaired) electrons. The highest BCUT2D eigenvalue weighted by molar-refractivity contribution is 6.34. The molecule has 1 saturated carbocycles. The fourth-order valence-electron chi connectivity index (χ4n) is 4.89. The largest absolute Gasteiger partial charge is 0.376 e. The molecule has 1 aliphatic heterocycles. The number of rotatable bonds is 6. The maximum absolute atomic E-state index is 12.7. The summed E-state index contributed by atoms with van der Waals surface area (Å²) in [5.41, 5.74) is 1.39. The Kier molecular flexibility index (Phi) is 9.11. The van der Waals surface area contributed by atoms with Crippen LogP contribution < -0.4 is 10.6 Å². The number of urea groups is 1. The van der Waals surface area contributed by atoms with E-state index in [0.29, 0.717) is 32.0 Å². The number of carbonyl (C=O) groups excluding carboxylic acids is 3. The standard InChI is InChI=1S/C25H38N4O4/c1-4-26-25(32)29-16-8-11-21(27-23(30)24(31)28(2)3)22(29)17-33-20-14-12-19(13-15-20)18-9-6-5-7-10-18/h5-7,9-10,19-22H,4,8,11-17H2,1-3H3,(H,26,32)(H,27,30)/t19-,20+,21-,22-/m0/s1. The third-order valence-corrected chi connectivity index (χ3v) is 6.73. The van der Waals surface area contributed by atoms with Crippen molar-refractivity contribution in [3.05, 3.63) is 35.9 Å². The van der Waals surface area contributed by atoms with Crippen LogP contribution in [0.2, 0.25) is 0 Å². The average Bonchev–Trinajstić information content (AvgIpc) is 2.83. The summed E-state index contributed by atoms with van der Waals surface area (Å²) in [5, 5.41) is 5.73. The highest BCUT2D eigenvalue weighted by Gasteiger charge is 2.37. The minimum atomic E-state index is -0.642. The Hall–Kier alpha value is -2.61. The first-order chi connectivity index (χ1) is 15.9. The second kappa shape index (κ2) is 12.0. The number of ether oxygens (including phenoxy) is 1. The van der Waals surface area contributed by atoms with Crippen molar-refractivity contribution in [3.8, 4) is 0 Å². The predicted molar refractivity (Wildman–Crippen MR) is 127 cm³/mol.